The third-order valence-corrected chi connectivity index (χ3v) is 1.74. The molecule has 0 spiro atoms. The van der Waals surface area contributed by atoms with Crippen LogP contribution in [0.5, 0.6) is 0 Å². The first-order valence-corrected chi connectivity index (χ1v) is 5.67. The molecular formula is C12H20O6. The van der Waals surface area contributed by atoms with Crippen LogP contribution >= 0.6 is 0 Å². The standard InChI is InChI=1S/C12H20O6/c1-9(13)4-16-7-12(18-6-11(3)15)8-17-5-10(2)14/h12H,4-8H2,1-3H3. The topological polar surface area (TPSA) is 78.9 Å². The van der Waals surface area contributed by atoms with Crippen LogP contribution in [0, 0.1) is 0 Å². The Balaban J connectivity index is 3.94. The smallest absolute Gasteiger partial charge is 0.155 e. The van der Waals surface area contributed by atoms with Crippen LogP contribution in [0.25, 0.3) is 0 Å². The maximum Gasteiger partial charge on any atom is 0.155 e. The van der Waals surface area contributed by atoms with Crippen molar-refractivity contribution in [1.29, 1.82) is 0 Å². The van der Waals surface area contributed by atoms with Gasteiger partial charge in [-0.15, -0.1) is 0 Å². The fourth-order valence-corrected chi connectivity index (χ4v) is 1.05. The van der Waals surface area contributed by atoms with Crippen molar-refractivity contribution in [1.82, 2.24) is 0 Å². The summed E-state index contributed by atoms with van der Waals surface area (Å²) in [6.07, 6.45) is -0.465. The maximum absolute atomic E-state index is 10.8. The second-order valence-corrected chi connectivity index (χ2v) is 4.07. The molecule has 0 amide bonds. The van der Waals surface area contributed by atoms with Crippen LogP contribution < -0.4 is 0 Å². The third-order valence-electron chi connectivity index (χ3n) is 1.74. The van der Waals surface area contributed by atoms with Gasteiger partial charge in [-0.25, -0.2) is 0 Å². The number of ketones is 3. The third kappa shape index (κ3) is 11.4. The highest BCUT2D eigenvalue weighted by Gasteiger charge is 2.12. The van der Waals surface area contributed by atoms with E-state index in [0.29, 0.717) is 0 Å². The molecule has 0 aliphatic heterocycles. The summed E-state index contributed by atoms with van der Waals surface area (Å²) in [6.45, 7) is 4.46. The minimum Gasteiger partial charge on any atom is -0.371 e. The molecule has 0 atom stereocenters. The van der Waals surface area contributed by atoms with Gasteiger partial charge in [0.1, 0.15) is 25.9 Å². The monoisotopic (exact) mass is 260 g/mol. The summed E-state index contributed by atoms with van der Waals surface area (Å²) in [5.41, 5.74) is 0. The fourth-order valence-electron chi connectivity index (χ4n) is 1.05. The summed E-state index contributed by atoms with van der Waals surface area (Å²) in [6, 6.07) is 0. The van der Waals surface area contributed by atoms with E-state index in [2.05, 4.69) is 0 Å². The van der Waals surface area contributed by atoms with Crippen molar-refractivity contribution >= 4 is 17.3 Å². The SMILES string of the molecule is CC(=O)COCC(COCC(C)=O)OCC(C)=O. The zero-order valence-electron chi connectivity index (χ0n) is 11.1. The molecular weight excluding hydrogens is 240 g/mol. The van der Waals surface area contributed by atoms with Crippen LogP contribution in [-0.4, -0.2) is 56.5 Å². The number of rotatable bonds is 11. The van der Waals surface area contributed by atoms with Crippen LogP contribution in [0.4, 0.5) is 0 Å². The molecule has 6 heteroatoms. The van der Waals surface area contributed by atoms with Crippen LogP contribution in [0.1, 0.15) is 20.8 Å². The molecule has 0 saturated carbocycles. The molecule has 0 unspecified atom stereocenters. The van der Waals surface area contributed by atoms with Crippen LogP contribution in [0.3, 0.4) is 0 Å². The highest BCUT2D eigenvalue weighted by molar-refractivity contribution is 5.77. The molecule has 0 bridgehead atoms. The molecule has 0 heterocycles. The zero-order chi connectivity index (χ0) is 14.0. The van der Waals surface area contributed by atoms with E-state index in [1.54, 1.807) is 0 Å². The predicted octanol–water partition coefficient (Wildman–Crippen LogP) is 0.172. The van der Waals surface area contributed by atoms with Gasteiger partial charge in [-0.05, 0) is 20.8 Å². The molecule has 0 aliphatic carbocycles. The Kier molecular flexibility index (Phi) is 9.26. The van der Waals surface area contributed by atoms with Gasteiger partial charge in [-0.2, -0.15) is 0 Å². The van der Waals surface area contributed by atoms with Gasteiger partial charge in [-0.1, -0.05) is 0 Å². The van der Waals surface area contributed by atoms with E-state index in [0.717, 1.165) is 0 Å². The normalized spacial score (nSPS) is 10.7. The van der Waals surface area contributed by atoms with Gasteiger partial charge in [0, 0.05) is 0 Å². The van der Waals surface area contributed by atoms with Crippen molar-refractivity contribution in [3.63, 3.8) is 0 Å². The highest BCUT2D eigenvalue weighted by atomic mass is 16.6. The Hall–Kier alpha value is -1.11. The van der Waals surface area contributed by atoms with Gasteiger partial charge in [0.25, 0.3) is 0 Å². The summed E-state index contributed by atoms with van der Waals surface area (Å²) < 4.78 is 15.4. The summed E-state index contributed by atoms with van der Waals surface area (Å²) >= 11 is 0. The minimum absolute atomic E-state index is 0.00730. The number of ether oxygens (including phenoxy) is 3. The van der Waals surface area contributed by atoms with Crippen LogP contribution in [0.2, 0.25) is 0 Å². The van der Waals surface area contributed by atoms with E-state index in [4.69, 9.17) is 14.2 Å². The second kappa shape index (κ2) is 9.87. The lowest BCUT2D eigenvalue weighted by molar-refractivity contribution is -0.133. The molecule has 0 aromatic heterocycles. The number of hydrogen-bond acceptors (Lipinski definition) is 6. The molecule has 0 aromatic carbocycles. The first kappa shape index (κ1) is 16.9. The second-order valence-electron chi connectivity index (χ2n) is 4.07. The summed E-state index contributed by atoms with van der Waals surface area (Å²) in [7, 11) is 0. The Morgan fingerprint density at radius 3 is 1.50 bits per heavy atom. The molecule has 104 valence electrons. The van der Waals surface area contributed by atoms with Gasteiger partial charge >= 0.3 is 0 Å². The van der Waals surface area contributed by atoms with E-state index >= 15 is 0 Å². The maximum atomic E-state index is 10.8. The lowest BCUT2D eigenvalue weighted by Gasteiger charge is -2.16. The van der Waals surface area contributed by atoms with Gasteiger partial charge < -0.3 is 14.2 Å². The average molecular weight is 260 g/mol. The van der Waals surface area contributed by atoms with Crippen molar-refractivity contribution in [2.24, 2.45) is 0 Å². The molecule has 0 aliphatic rings. The molecule has 6 nitrogen and oxygen atoms in total. The van der Waals surface area contributed by atoms with Crippen molar-refractivity contribution in [2.45, 2.75) is 26.9 Å². The highest BCUT2D eigenvalue weighted by Crippen LogP contribution is 1.96. The first-order valence-electron chi connectivity index (χ1n) is 5.67. The molecule has 0 N–H and O–H groups in total. The predicted molar refractivity (Wildman–Crippen MR) is 63.4 cm³/mol. The Labute approximate surface area is 107 Å². The number of carbonyl (C=O) groups excluding carboxylic acids is 3. The molecule has 0 aromatic rings. The van der Waals surface area contributed by atoms with E-state index in [1.807, 2.05) is 0 Å². The van der Waals surface area contributed by atoms with Gasteiger partial charge in [0.05, 0.1) is 13.2 Å². The number of carbonyl (C=O) groups is 3. The van der Waals surface area contributed by atoms with Crippen LogP contribution in [-0.2, 0) is 28.6 Å². The van der Waals surface area contributed by atoms with Crippen molar-refractivity contribution in [3.8, 4) is 0 Å². The molecule has 0 saturated heterocycles. The lowest BCUT2D eigenvalue weighted by Crippen LogP contribution is -2.29. The number of hydrogen-bond donors (Lipinski definition) is 0. The van der Waals surface area contributed by atoms with E-state index < -0.39 is 6.10 Å². The van der Waals surface area contributed by atoms with Crippen molar-refractivity contribution in [3.05, 3.63) is 0 Å². The van der Waals surface area contributed by atoms with Crippen molar-refractivity contribution < 1.29 is 28.6 Å². The molecule has 0 rings (SSSR count). The van der Waals surface area contributed by atoms with Crippen molar-refractivity contribution in [2.75, 3.05) is 33.0 Å². The largest absolute Gasteiger partial charge is 0.371 e. The Morgan fingerprint density at radius 1 is 0.778 bits per heavy atom. The summed E-state index contributed by atoms with van der Waals surface area (Å²) in [5.74, 6) is -0.298. The Morgan fingerprint density at radius 2 is 1.17 bits per heavy atom. The zero-order valence-corrected chi connectivity index (χ0v) is 11.1. The fraction of sp³-hybridized carbons (Fsp3) is 0.750. The van der Waals surface area contributed by atoms with E-state index in [9.17, 15) is 14.4 Å². The number of Topliss-reactive ketones (excluding diaryl/α,β-unsaturated/α-hetero) is 3. The van der Waals surface area contributed by atoms with E-state index in [-0.39, 0.29) is 50.4 Å². The summed E-state index contributed by atoms with van der Waals surface area (Å²) in [5, 5.41) is 0. The van der Waals surface area contributed by atoms with E-state index in [1.165, 1.54) is 20.8 Å². The quantitative estimate of drug-likeness (QED) is 0.527. The molecule has 0 fully saturated rings. The van der Waals surface area contributed by atoms with Gasteiger partial charge in [0.2, 0.25) is 0 Å². The Bertz CT molecular complexity index is 266. The molecule has 0 radical (unpaired) electrons. The molecule has 18 heavy (non-hydrogen) atoms. The minimum atomic E-state index is -0.465. The van der Waals surface area contributed by atoms with Crippen LogP contribution in [0.15, 0.2) is 0 Å². The average Bonchev–Trinajstić information content (AvgIpc) is 2.24. The van der Waals surface area contributed by atoms with Gasteiger partial charge in [0.15, 0.2) is 17.3 Å². The lowest BCUT2D eigenvalue weighted by atomic mass is 10.4. The van der Waals surface area contributed by atoms with Gasteiger partial charge in [-0.3, -0.25) is 14.4 Å². The summed E-state index contributed by atoms with van der Waals surface area (Å²) in [4.78, 5) is 32.2. The first-order chi connectivity index (χ1) is 8.41.